The lowest BCUT2D eigenvalue weighted by molar-refractivity contribution is -0.123. The highest BCUT2D eigenvalue weighted by Crippen LogP contribution is 2.36. The van der Waals surface area contributed by atoms with Crippen LogP contribution >= 0.6 is 23.2 Å². The molecule has 1 aliphatic rings. The third-order valence-electron chi connectivity index (χ3n) is 4.28. The monoisotopic (exact) mass is 400 g/mol. The number of fused-ring (bicyclic) bond motifs is 1. The molecule has 8 heteroatoms. The van der Waals surface area contributed by atoms with Crippen LogP contribution in [-0.2, 0) is 9.59 Å². The lowest BCUT2D eigenvalue weighted by atomic mass is 10.1. The van der Waals surface area contributed by atoms with Gasteiger partial charge in [-0.25, -0.2) is 4.68 Å². The molecule has 136 valence electrons. The number of hydrogen-bond donors (Lipinski definition) is 2. The lowest BCUT2D eigenvalue weighted by Gasteiger charge is -2.10. The van der Waals surface area contributed by atoms with Crippen molar-refractivity contribution in [2.75, 3.05) is 10.6 Å². The van der Waals surface area contributed by atoms with E-state index in [0.717, 1.165) is 11.1 Å². The van der Waals surface area contributed by atoms with Crippen LogP contribution in [0.4, 0.5) is 11.5 Å². The molecule has 3 aromatic rings. The fourth-order valence-electron chi connectivity index (χ4n) is 3.01. The van der Waals surface area contributed by atoms with Gasteiger partial charge in [-0.05, 0) is 35.9 Å². The van der Waals surface area contributed by atoms with Crippen molar-refractivity contribution in [2.45, 2.75) is 12.5 Å². The van der Waals surface area contributed by atoms with Gasteiger partial charge in [-0.15, -0.1) is 0 Å². The van der Waals surface area contributed by atoms with E-state index in [-0.39, 0.29) is 18.2 Å². The van der Waals surface area contributed by atoms with E-state index in [9.17, 15) is 9.59 Å². The standard InChI is InChI=1S/C19H14Cl2N4O2/c20-12-6-4-11(5-7-12)15-10-22-25-16(19(27)24-18(15)25)9-17(26)23-14-3-1-2-13(21)8-14/h1-8,10,16H,9H2,(H,23,26)(H,24,27). The number of hydrogen-bond acceptors (Lipinski definition) is 3. The zero-order valence-corrected chi connectivity index (χ0v) is 15.5. The zero-order chi connectivity index (χ0) is 19.0. The quantitative estimate of drug-likeness (QED) is 0.681. The molecule has 1 aliphatic heterocycles. The van der Waals surface area contributed by atoms with Gasteiger partial charge in [0.05, 0.1) is 12.6 Å². The van der Waals surface area contributed by atoms with Gasteiger partial charge in [0.25, 0.3) is 5.91 Å². The molecule has 1 unspecified atom stereocenters. The number of aromatic nitrogens is 2. The predicted octanol–water partition coefficient (Wildman–Crippen LogP) is 4.38. The van der Waals surface area contributed by atoms with Crippen LogP contribution in [0.3, 0.4) is 0 Å². The van der Waals surface area contributed by atoms with Crippen molar-refractivity contribution >= 4 is 46.5 Å². The summed E-state index contributed by atoms with van der Waals surface area (Å²) >= 11 is 11.8. The number of nitrogens with one attached hydrogen (secondary N) is 2. The van der Waals surface area contributed by atoms with Crippen LogP contribution in [-0.4, -0.2) is 21.6 Å². The second-order valence-corrected chi connectivity index (χ2v) is 7.00. The molecule has 0 saturated heterocycles. The van der Waals surface area contributed by atoms with E-state index in [0.29, 0.717) is 21.6 Å². The van der Waals surface area contributed by atoms with Gasteiger partial charge in [-0.1, -0.05) is 41.4 Å². The van der Waals surface area contributed by atoms with E-state index in [1.165, 1.54) is 0 Å². The van der Waals surface area contributed by atoms with Gasteiger partial charge in [0.1, 0.15) is 11.9 Å². The third-order valence-corrected chi connectivity index (χ3v) is 4.76. The number of amides is 2. The SMILES string of the molecule is O=C(CC1C(=O)Nc2c(-c3ccc(Cl)cc3)cnn21)Nc1cccc(Cl)c1. The third kappa shape index (κ3) is 3.54. The van der Waals surface area contributed by atoms with Crippen LogP contribution in [0.5, 0.6) is 0 Å². The minimum atomic E-state index is -0.708. The van der Waals surface area contributed by atoms with Crippen LogP contribution in [0.2, 0.25) is 10.0 Å². The largest absolute Gasteiger partial charge is 0.326 e. The average molecular weight is 401 g/mol. The number of carbonyl (C=O) groups is 2. The Morgan fingerprint density at radius 1 is 1.15 bits per heavy atom. The fraction of sp³-hybridized carbons (Fsp3) is 0.105. The smallest absolute Gasteiger partial charge is 0.251 e. The van der Waals surface area contributed by atoms with Crippen molar-refractivity contribution in [3.8, 4) is 11.1 Å². The van der Waals surface area contributed by atoms with Crippen LogP contribution in [0.1, 0.15) is 12.5 Å². The van der Waals surface area contributed by atoms with E-state index in [2.05, 4.69) is 15.7 Å². The first-order valence-electron chi connectivity index (χ1n) is 8.21. The van der Waals surface area contributed by atoms with Crippen molar-refractivity contribution in [3.05, 3.63) is 64.8 Å². The summed E-state index contributed by atoms with van der Waals surface area (Å²) in [4.78, 5) is 24.7. The molecule has 6 nitrogen and oxygen atoms in total. The molecular weight excluding hydrogens is 387 g/mol. The maximum atomic E-state index is 12.4. The minimum Gasteiger partial charge on any atom is -0.326 e. The van der Waals surface area contributed by atoms with E-state index in [1.807, 2.05) is 12.1 Å². The summed E-state index contributed by atoms with van der Waals surface area (Å²) in [6.07, 6.45) is 1.63. The number of anilines is 2. The second-order valence-electron chi connectivity index (χ2n) is 6.13. The summed E-state index contributed by atoms with van der Waals surface area (Å²) in [5.74, 6) is 0.00578. The average Bonchev–Trinajstić information content (AvgIpc) is 3.16. The van der Waals surface area contributed by atoms with Gasteiger partial charge in [-0.3, -0.25) is 9.59 Å². The van der Waals surface area contributed by atoms with Crippen LogP contribution in [0.15, 0.2) is 54.7 Å². The molecule has 0 aliphatic carbocycles. The molecule has 27 heavy (non-hydrogen) atoms. The number of rotatable bonds is 4. The van der Waals surface area contributed by atoms with E-state index in [1.54, 1.807) is 47.3 Å². The zero-order valence-electron chi connectivity index (χ0n) is 13.9. The van der Waals surface area contributed by atoms with E-state index >= 15 is 0 Å². The molecule has 0 fully saturated rings. The van der Waals surface area contributed by atoms with Gasteiger partial charge in [0, 0.05) is 21.3 Å². The Balaban J connectivity index is 1.54. The summed E-state index contributed by atoms with van der Waals surface area (Å²) in [5, 5.41) is 11.0. The number of benzene rings is 2. The maximum Gasteiger partial charge on any atom is 0.251 e. The molecule has 2 N–H and O–H groups in total. The van der Waals surface area contributed by atoms with E-state index < -0.39 is 6.04 Å². The Bertz CT molecular complexity index is 1030. The highest BCUT2D eigenvalue weighted by atomic mass is 35.5. The number of nitrogens with zero attached hydrogens (tertiary/aromatic N) is 2. The fourth-order valence-corrected chi connectivity index (χ4v) is 3.32. The molecule has 0 spiro atoms. The molecule has 1 aromatic heterocycles. The van der Waals surface area contributed by atoms with Crippen LogP contribution < -0.4 is 10.6 Å². The first-order chi connectivity index (χ1) is 13.0. The molecule has 0 radical (unpaired) electrons. The molecule has 2 amide bonds. The van der Waals surface area contributed by atoms with Gasteiger partial charge in [-0.2, -0.15) is 5.10 Å². The molecule has 0 saturated carbocycles. The first kappa shape index (κ1) is 17.6. The van der Waals surface area contributed by atoms with Gasteiger partial charge in [0.15, 0.2) is 0 Å². The molecule has 2 aromatic carbocycles. The second kappa shape index (κ2) is 7.06. The van der Waals surface area contributed by atoms with Crippen molar-refractivity contribution in [1.82, 2.24) is 9.78 Å². The van der Waals surface area contributed by atoms with Crippen molar-refractivity contribution in [3.63, 3.8) is 0 Å². The summed E-state index contributed by atoms with van der Waals surface area (Å²) in [6, 6.07) is 13.4. The normalized spacial score (nSPS) is 15.3. The highest BCUT2D eigenvalue weighted by molar-refractivity contribution is 6.31. The molecule has 0 bridgehead atoms. The van der Waals surface area contributed by atoms with Crippen molar-refractivity contribution in [2.24, 2.45) is 0 Å². The number of halogens is 2. The summed E-state index contributed by atoms with van der Waals surface area (Å²) in [5.41, 5.74) is 2.23. The molecule has 2 heterocycles. The molecule has 1 atom stereocenters. The number of carbonyl (C=O) groups excluding carboxylic acids is 2. The first-order valence-corrected chi connectivity index (χ1v) is 8.96. The van der Waals surface area contributed by atoms with Gasteiger partial charge < -0.3 is 10.6 Å². The molecule has 4 rings (SSSR count). The van der Waals surface area contributed by atoms with Crippen LogP contribution in [0.25, 0.3) is 11.1 Å². The Hall–Kier alpha value is -2.83. The summed E-state index contributed by atoms with van der Waals surface area (Å²) in [6.45, 7) is 0. The lowest BCUT2D eigenvalue weighted by Crippen LogP contribution is -2.23. The Morgan fingerprint density at radius 3 is 2.67 bits per heavy atom. The summed E-state index contributed by atoms with van der Waals surface area (Å²) in [7, 11) is 0. The maximum absolute atomic E-state index is 12.4. The van der Waals surface area contributed by atoms with Crippen molar-refractivity contribution in [1.29, 1.82) is 0 Å². The highest BCUT2D eigenvalue weighted by Gasteiger charge is 2.35. The topological polar surface area (TPSA) is 76.0 Å². The van der Waals surface area contributed by atoms with E-state index in [4.69, 9.17) is 23.2 Å². The van der Waals surface area contributed by atoms with Crippen molar-refractivity contribution < 1.29 is 9.59 Å². The van der Waals surface area contributed by atoms with Gasteiger partial charge in [0.2, 0.25) is 5.91 Å². The Morgan fingerprint density at radius 2 is 1.93 bits per heavy atom. The molecular formula is C19H14Cl2N4O2. The predicted molar refractivity (Wildman–Crippen MR) is 105 cm³/mol. The Labute approximate surface area is 165 Å². The van der Waals surface area contributed by atoms with Gasteiger partial charge >= 0.3 is 0 Å². The Kier molecular flexibility index (Phi) is 4.59. The minimum absolute atomic E-state index is 0.0346. The summed E-state index contributed by atoms with van der Waals surface area (Å²) < 4.78 is 1.55. The van der Waals surface area contributed by atoms with Crippen LogP contribution in [0, 0.1) is 0 Å².